The number of benzene rings is 3. The first kappa shape index (κ1) is 47.1. The van der Waals surface area contributed by atoms with Crippen molar-refractivity contribution in [3.8, 4) is 0 Å². The summed E-state index contributed by atoms with van der Waals surface area (Å²) in [6.45, 7) is 1.33. The molecule has 46 heavy (non-hydrogen) atoms. The molecule has 0 spiro atoms. The van der Waals surface area contributed by atoms with E-state index in [-0.39, 0.29) is 65.1 Å². The summed E-state index contributed by atoms with van der Waals surface area (Å²) in [7, 11) is 0. The number of hydrogen-bond acceptors (Lipinski definition) is 10. The van der Waals surface area contributed by atoms with Gasteiger partial charge >= 0.3 is 17.4 Å². The second-order valence-corrected chi connectivity index (χ2v) is 8.66. The molecule has 10 nitrogen and oxygen atoms in total. The highest BCUT2D eigenvalue weighted by Gasteiger charge is 2.02. The molecular weight excluding hydrogens is 729 g/mol. The van der Waals surface area contributed by atoms with Gasteiger partial charge in [0.25, 0.3) is 0 Å². The molecule has 0 bridgehead atoms. The first-order valence-electron chi connectivity index (χ1n) is 13.8. The summed E-state index contributed by atoms with van der Waals surface area (Å²) in [5.41, 5.74) is 6.87. The molecule has 0 amide bonds. The smallest absolute Gasteiger partial charge is 0.404 e. The van der Waals surface area contributed by atoms with Gasteiger partial charge in [0.2, 0.25) is 0 Å². The number of aldehydes is 1. The second-order valence-electron chi connectivity index (χ2n) is 8.35. The van der Waals surface area contributed by atoms with Crippen molar-refractivity contribution in [2.45, 2.75) is 52.9 Å². The lowest BCUT2D eigenvalue weighted by molar-refractivity contribution is -0.146. The van der Waals surface area contributed by atoms with Crippen molar-refractivity contribution >= 4 is 57.8 Å². The van der Waals surface area contributed by atoms with E-state index in [2.05, 4.69) is 27.3 Å². The van der Waals surface area contributed by atoms with Crippen molar-refractivity contribution in [3.05, 3.63) is 108 Å². The number of nitrogens with two attached hydrogens (primary N) is 1. The molecule has 0 aromatic heterocycles. The topological polar surface area (TPSA) is 162 Å². The fourth-order valence-corrected chi connectivity index (χ4v) is 2.79. The van der Waals surface area contributed by atoms with Crippen LogP contribution in [-0.4, -0.2) is 58.6 Å². The monoisotopic (exact) mass is 775 g/mol. The fourth-order valence-electron chi connectivity index (χ4n) is 2.73. The normalized spacial score (nSPS) is 8.83. The number of alkyl halides is 1. The molecule has 256 valence electrons. The number of esters is 2. The van der Waals surface area contributed by atoms with Crippen molar-refractivity contribution in [2.75, 3.05) is 24.7 Å². The lowest BCUT2D eigenvalue weighted by Gasteiger charge is -2.03. The predicted molar refractivity (Wildman–Crippen MR) is 189 cm³/mol. The second kappa shape index (κ2) is 36.1. The molecule has 0 aliphatic carbocycles. The van der Waals surface area contributed by atoms with Gasteiger partial charge in [-0.05, 0) is 28.0 Å². The van der Waals surface area contributed by atoms with Crippen LogP contribution in [0.2, 0.25) is 0 Å². The molecule has 4 N–H and O–H groups in total. The summed E-state index contributed by atoms with van der Waals surface area (Å²) < 4.78 is 14.5. The summed E-state index contributed by atoms with van der Waals surface area (Å²) in [4.78, 5) is 44.1. The van der Waals surface area contributed by atoms with Gasteiger partial charge < -0.3 is 35.0 Å². The zero-order chi connectivity index (χ0) is 34.0. The maximum Gasteiger partial charge on any atom is 0.404 e. The molecule has 0 atom stereocenters. The first-order chi connectivity index (χ1) is 21.9. The predicted octanol–water partition coefficient (Wildman–Crippen LogP) is 6.40. The Morgan fingerprint density at radius 1 is 0.696 bits per heavy atom. The van der Waals surface area contributed by atoms with Crippen LogP contribution in [0.15, 0.2) is 91.0 Å². The first-order valence-corrected chi connectivity index (χ1v) is 16.4. The van der Waals surface area contributed by atoms with Crippen LogP contribution in [0.3, 0.4) is 0 Å². The van der Waals surface area contributed by atoms with Gasteiger partial charge in [-0.1, -0.05) is 121 Å². The van der Waals surface area contributed by atoms with E-state index < -0.39 is 5.43 Å². The van der Waals surface area contributed by atoms with E-state index in [4.69, 9.17) is 37.0 Å². The van der Waals surface area contributed by atoms with E-state index >= 15 is 0 Å². The minimum absolute atomic E-state index is 0. The zero-order valence-electron chi connectivity index (χ0n) is 25.4. The van der Waals surface area contributed by atoms with Gasteiger partial charge in [0.1, 0.15) is 26.1 Å². The molecule has 0 aliphatic rings. The summed E-state index contributed by atoms with van der Waals surface area (Å²) in [5.74, 6) is -0.594. The largest absolute Gasteiger partial charge is 0.461 e. The molecule has 0 saturated carbocycles. The van der Waals surface area contributed by atoms with Crippen LogP contribution in [0.5, 0.6) is 0 Å². The average molecular weight is 776 g/mol. The van der Waals surface area contributed by atoms with Crippen molar-refractivity contribution in [2.24, 2.45) is 5.73 Å². The quantitative estimate of drug-likeness (QED) is 0.0443. The number of aliphatic hydroxyl groups is 2. The number of aliphatic hydroxyl groups excluding tert-OH is 2. The van der Waals surface area contributed by atoms with Gasteiger partial charge in [-0.3, -0.25) is 9.59 Å². The molecule has 3 aromatic carbocycles. The van der Waals surface area contributed by atoms with Crippen LogP contribution >= 0.6 is 34.2 Å². The Hall–Kier alpha value is -3.36. The Labute approximate surface area is 291 Å². The van der Waals surface area contributed by atoms with E-state index in [9.17, 15) is 19.2 Å². The highest BCUT2D eigenvalue weighted by Crippen LogP contribution is 2.04. The molecule has 0 fully saturated rings. The summed E-state index contributed by atoms with van der Waals surface area (Å²) in [6, 6.07) is 28.3. The Bertz CT molecular complexity index is 1120. The van der Waals surface area contributed by atoms with Crippen LogP contribution in [0.4, 0.5) is 4.79 Å². The summed E-state index contributed by atoms with van der Waals surface area (Å²) in [5, 5.41) is 16.2. The Morgan fingerprint density at radius 3 is 1.35 bits per heavy atom. The molecule has 0 radical (unpaired) electrons. The zero-order valence-corrected chi connectivity index (χ0v) is 28.3. The average Bonchev–Trinajstić information content (AvgIpc) is 3.10. The highest BCUT2D eigenvalue weighted by atomic mass is 127. The van der Waals surface area contributed by atoms with Gasteiger partial charge in [-0.15, -0.1) is 0 Å². The van der Waals surface area contributed by atoms with E-state index in [1.807, 2.05) is 95.9 Å². The van der Waals surface area contributed by atoms with Crippen LogP contribution < -0.4 is 5.73 Å². The molecular formula is C34H47ClINO9. The molecule has 0 unspecified atom stereocenters. The van der Waals surface area contributed by atoms with Crippen LogP contribution in [0, 0.1) is 0 Å². The Kier molecular flexibility index (Phi) is 36.9. The van der Waals surface area contributed by atoms with Gasteiger partial charge in [-0.2, -0.15) is 0 Å². The Morgan fingerprint density at radius 2 is 1.04 bits per heavy atom. The third kappa shape index (κ3) is 32.0. The third-order valence-electron chi connectivity index (χ3n) is 4.81. The number of rotatable bonds is 13. The van der Waals surface area contributed by atoms with Gasteiger partial charge in [0, 0.05) is 37.6 Å². The van der Waals surface area contributed by atoms with Crippen molar-refractivity contribution in [1.29, 1.82) is 0 Å². The summed E-state index contributed by atoms with van der Waals surface area (Å²) >= 11 is 7.12. The molecule has 0 heterocycles. The van der Waals surface area contributed by atoms with E-state index in [1.54, 1.807) is 0 Å². The molecule has 0 saturated heterocycles. The summed E-state index contributed by atoms with van der Waals surface area (Å²) in [6.07, 6.45) is 1.85. The molecule has 3 rings (SSSR count). The van der Waals surface area contributed by atoms with Crippen molar-refractivity contribution in [1.82, 2.24) is 0 Å². The fraction of sp³-hybridized carbons (Fsp3) is 0.353. The van der Waals surface area contributed by atoms with Crippen LogP contribution in [-0.2, 0) is 48.4 Å². The number of carbonyl (C=O) groups is 4. The lowest BCUT2D eigenvalue weighted by Crippen LogP contribution is -2.05. The van der Waals surface area contributed by atoms with E-state index in [1.165, 1.54) is 0 Å². The minimum Gasteiger partial charge on any atom is -0.461 e. The van der Waals surface area contributed by atoms with Crippen molar-refractivity contribution in [3.63, 3.8) is 0 Å². The van der Waals surface area contributed by atoms with Gasteiger partial charge in [0.15, 0.2) is 0 Å². The maximum atomic E-state index is 11.0. The molecule has 12 heteroatoms. The molecule has 0 aliphatic heterocycles. The number of halogens is 2. The van der Waals surface area contributed by atoms with Crippen molar-refractivity contribution < 1.29 is 43.6 Å². The van der Waals surface area contributed by atoms with Crippen LogP contribution in [0.1, 0.15) is 49.8 Å². The Balaban J connectivity index is -0.000000552. The maximum absolute atomic E-state index is 11.0. The number of ether oxygens (including phenoxy) is 3. The van der Waals surface area contributed by atoms with Gasteiger partial charge in [-0.25, -0.2) is 4.79 Å². The third-order valence-corrected chi connectivity index (χ3v) is 4.92. The lowest BCUT2D eigenvalue weighted by atomic mass is 10.2. The van der Waals surface area contributed by atoms with E-state index in [0.717, 1.165) is 16.7 Å². The SMILES string of the molecule is C.CI.NCCO.O=C(CCCO)OCc1ccccc1.O=C(Cl)OCc1ccccc1.O=CCCC(=O)OCc1ccccc1. The highest BCUT2D eigenvalue weighted by molar-refractivity contribution is 14.1. The van der Waals surface area contributed by atoms with Crippen LogP contribution in [0.25, 0.3) is 0 Å². The minimum atomic E-state index is -0.770. The molecule has 3 aromatic rings. The standard InChI is InChI=1S/C11H14O3.C11H12O3.C8H7ClO2.C2H7NO.CH3I.CH4/c2*12-8-4-7-11(13)14-9-10-5-2-1-3-6-10;9-8(10)11-6-7-4-2-1-3-5-7;3-1-2-4;1-2;/h1-3,5-6,12H,4,7-9H2;1-3,5-6,8H,4,7,9H2;1-5H,6H2;4H,1-3H2;1H3;1H4. The van der Waals surface area contributed by atoms with E-state index in [0.29, 0.717) is 25.9 Å². The van der Waals surface area contributed by atoms with Gasteiger partial charge in [0.05, 0.1) is 13.0 Å². The number of carbonyl (C=O) groups excluding carboxylic acids is 4. The number of hydrogen-bond donors (Lipinski definition) is 3.